The second kappa shape index (κ2) is 6.04. The molecule has 1 aromatic rings. The maximum absolute atomic E-state index is 10.7. The standard InChI is InChI=1S/C14H21N3O2/c1-16-6-8-17(9-7-16)12-4-2-11(3-5-12)10-13(15)14(18)19/h2-5,13H,6-10,15H2,1H3,(H,18,19)/t13-/m0/s1. The number of hydrogen-bond acceptors (Lipinski definition) is 4. The molecule has 1 atom stereocenters. The van der Waals surface area contributed by atoms with E-state index in [0.29, 0.717) is 6.42 Å². The van der Waals surface area contributed by atoms with E-state index in [0.717, 1.165) is 31.7 Å². The minimum Gasteiger partial charge on any atom is -0.480 e. The quantitative estimate of drug-likeness (QED) is 0.822. The lowest BCUT2D eigenvalue weighted by Gasteiger charge is -2.34. The molecule has 1 aliphatic rings. The number of benzene rings is 1. The smallest absolute Gasteiger partial charge is 0.320 e. The average molecular weight is 263 g/mol. The fourth-order valence-corrected chi connectivity index (χ4v) is 2.25. The van der Waals surface area contributed by atoms with Gasteiger partial charge in [-0.05, 0) is 31.2 Å². The van der Waals surface area contributed by atoms with Crippen molar-refractivity contribution in [3.63, 3.8) is 0 Å². The van der Waals surface area contributed by atoms with Crippen LogP contribution in [0.2, 0.25) is 0 Å². The van der Waals surface area contributed by atoms with Gasteiger partial charge in [0.25, 0.3) is 0 Å². The lowest BCUT2D eigenvalue weighted by Crippen LogP contribution is -2.44. The van der Waals surface area contributed by atoms with Gasteiger partial charge in [-0.15, -0.1) is 0 Å². The summed E-state index contributed by atoms with van der Waals surface area (Å²) in [5.74, 6) is -0.955. The van der Waals surface area contributed by atoms with Crippen molar-refractivity contribution in [1.82, 2.24) is 4.90 Å². The lowest BCUT2D eigenvalue weighted by atomic mass is 10.1. The molecule has 0 aliphatic carbocycles. The molecular formula is C14H21N3O2. The van der Waals surface area contributed by atoms with Gasteiger partial charge in [0.1, 0.15) is 6.04 Å². The molecule has 0 saturated carbocycles. The monoisotopic (exact) mass is 263 g/mol. The van der Waals surface area contributed by atoms with Crippen molar-refractivity contribution in [3.8, 4) is 0 Å². The Morgan fingerprint density at radius 1 is 1.26 bits per heavy atom. The van der Waals surface area contributed by atoms with Crippen molar-refractivity contribution in [3.05, 3.63) is 29.8 Å². The van der Waals surface area contributed by atoms with Gasteiger partial charge >= 0.3 is 5.97 Å². The van der Waals surface area contributed by atoms with Crippen LogP contribution in [-0.4, -0.2) is 55.2 Å². The third-order valence-electron chi connectivity index (χ3n) is 3.58. The largest absolute Gasteiger partial charge is 0.480 e. The van der Waals surface area contributed by atoms with Gasteiger partial charge in [0, 0.05) is 31.9 Å². The Morgan fingerprint density at radius 2 is 1.84 bits per heavy atom. The van der Waals surface area contributed by atoms with Gasteiger partial charge in [0.15, 0.2) is 0 Å². The van der Waals surface area contributed by atoms with E-state index < -0.39 is 12.0 Å². The molecule has 104 valence electrons. The van der Waals surface area contributed by atoms with Gasteiger partial charge in [0.05, 0.1) is 0 Å². The number of carbonyl (C=O) groups is 1. The molecule has 0 radical (unpaired) electrons. The van der Waals surface area contributed by atoms with E-state index in [4.69, 9.17) is 10.8 Å². The van der Waals surface area contributed by atoms with Crippen LogP contribution in [0, 0.1) is 0 Å². The Labute approximate surface area is 113 Å². The van der Waals surface area contributed by atoms with Crippen molar-refractivity contribution in [2.24, 2.45) is 5.73 Å². The maximum atomic E-state index is 10.7. The molecule has 0 aromatic heterocycles. The van der Waals surface area contributed by atoms with Crippen LogP contribution in [0.15, 0.2) is 24.3 Å². The number of aliphatic carboxylic acids is 1. The molecule has 1 heterocycles. The first-order valence-corrected chi connectivity index (χ1v) is 6.57. The van der Waals surface area contributed by atoms with Crippen LogP contribution in [0.1, 0.15) is 5.56 Å². The summed E-state index contributed by atoms with van der Waals surface area (Å²) in [6, 6.07) is 7.21. The number of carboxylic acids is 1. The number of likely N-dealkylation sites (N-methyl/N-ethyl adjacent to an activating group) is 1. The van der Waals surface area contributed by atoms with Gasteiger partial charge in [-0.25, -0.2) is 0 Å². The van der Waals surface area contributed by atoms with Gasteiger partial charge in [-0.3, -0.25) is 4.79 Å². The van der Waals surface area contributed by atoms with Crippen LogP contribution in [-0.2, 0) is 11.2 Å². The molecule has 5 heteroatoms. The molecule has 19 heavy (non-hydrogen) atoms. The molecule has 1 saturated heterocycles. The molecule has 5 nitrogen and oxygen atoms in total. The van der Waals surface area contributed by atoms with Crippen LogP contribution in [0.4, 0.5) is 5.69 Å². The van der Waals surface area contributed by atoms with E-state index in [1.807, 2.05) is 12.1 Å². The highest BCUT2D eigenvalue weighted by Gasteiger charge is 2.15. The van der Waals surface area contributed by atoms with Gasteiger partial charge in [-0.2, -0.15) is 0 Å². The Balaban J connectivity index is 1.96. The van der Waals surface area contributed by atoms with Gasteiger partial charge < -0.3 is 20.6 Å². The van der Waals surface area contributed by atoms with Crippen LogP contribution < -0.4 is 10.6 Å². The SMILES string of the molecule is CN1CCN(c2ccc(C[C@H](N)C(=O)O)cc2)CC1. The van der Waals surface area contributed by atoms with Crippen molar-refractivity contribution >= 4 is 11.7 Å². The first-order valence-electron chi connectivity index (χ1n) is 6.57. The van der Waals surface area contributed by atoms with E-state index >= 15 is 0 Å². The maximum Gasteiger partial charge on any atom is 0.320 e. The summed E-state index contributed by atoms with van der Waals surface area (Å²) >= 11 is 0. The first-order chi connectivity index (χ1) is 9.06. The van der Waals surface area contributed by atoms with E-state index in [2.05, 4.69) is 29.0 Å². The summed E-state index contributed by atoms with van der Waals surface area (Å²) in [5.41, 5.74) is 7.69. The van der Waals surface area contributed by atoms with E-state index in [9.17, 15) is 4.79 Å². The fourth-order valence-electron chi connectivity index (χ4n) is 2.25. The molecule has 0 spiro atoms. The molecule has 1 aromatic carbocycles. The Kier molecular flexibility index (Phi) is 4.39. The highest BCUT2D eigenvalue weighted by atomic mass is 16.4. The average Bonchev–Trinajstić information content (AvgIpc) is 2.40. The minimum atomic E-state index is -0.955. The fraction of sp³-hybridized carbons (Fsp3) is 0.500. The number of anilines is 1. The number of nitrogens with two attached hydrogens (primary N) is 1. The first kappa shape index (κ1) is 13.8. The van der Waals surface area contributed by atoms with Crippen LogP contribution in [0.3, 0.4) is 0 Å². The normalized spacial score (nSPS) is 18.3. The number of nitrogens with zero attached hydrogens (tertiary/aromatic N) is 2. The highest BCUT2D eigenvalue weighted by molar-refractivity contribution is 5.73. The molecule has 1 fully saturated rings. The zero-order valence-corrected chi connectivity index (χ0v) is 11.2. The van der Waals surface area contributed by atoms with Gasteiger partial charge in [0.2, 0.25) is 0 Å². The third kappa shape index (κ3) is 3.68. The number of piperazine rings is 1. The van der Waals surface area contributed by atoms with Crippen LogP contribution >= 0.6 is 0 Å². The Morgan fingerprint density at radius 3 is 2.37 bits per heavy atom. The molecule has 3 N–H and O–H groups in total. The molecule has 0 amide bonds. The van der Waals surface area contributed by atoms with Crippen LogP contribution in [0.25, 0.3) is 0 Å². The van der Waals surface area contributed by atoms with Crippen molar-refractivity contribution in [2.45, 2.75) is 12.5 Å². The Bertz CT molecular complexity index is 425. The van der Waals surface area contributed by atoms with E-state index in [1.165, 1.54) is 5.69 Å². The molecule has 2 rings (SSSR count). The summed E-state index contributed by atoms with van der Waals surface area (Å²) in [4.78, 5) is 15.4. The second-order valence-corrected chi connectivity index (χ2v) is 5.11. The zero-order valence-electron chi connectivity index (χ0n) is 11.2. The summed E-state index contributed by atoms with van der Waals surface area (Å²) in [7, 11) is 2.13. The summed E-state index contributed by atoms with van der Waals surface area (Å²) in [5, 5.41) is 8.79. The van der Waals surface area contributed by atoms with E-state index in [1.54, 1.807) is 0 Å². The van der Waals surface area contributed by atoms with Crippen molar-refractivity contribution in [2.75, 3.05) is 38.1 Å². The molecule has 1 aliphatic heterocycles. The Hall–Kier alpha value is -1.59. The van der Waals surface area contributed by atoms with Crippen molar-refractivity contribution in [1.29, 1.82) is 0 Å². The summed E-state index contributed by atoms with van der Waals surface area (Å²) in [6.45, 7) is 4.21. The van der Waals surface area contributed by atoms with Crippen LogP contribution in [0.5, 0.6) is 0 Å². The topological polar surface area (TPSA) is 69.8 Å². The molecular weight excluding hydrogens is 242 g/mol. The second-order valence-electron chi connectivity index (χ2n) is 5.11. The third-order valence-corrected chi connectivity index (χ3v) is 3.58. The van der Waals surface area contributed by atoms with E-state index in [-0.39, 0.29) is 0 Å². The molecule has 0 bridgehead atoms. The number of hydrogen-bond donors (Lipinski definition) is 2. The predicted octanol–water partition coefficient (Wildman–Crippen LogP) is 0.393. The summed E-state index contributed by atoms with van der Waals surface area (Å²) < 4.78 is 0. The number of carboxylic acid groups (broad SMARTS) is 1. The predicted molar refractivity (Wildman–Crippen MR) is 75.5 cm³/mol. The number of rotatable bonds is 4. The summed E-state index contributed by atoms with van der Waals surface area (Å²) in [6.07, 6.45) is 0.373. The highest BCUT2D eigenvalue weighted by Crippen LogP contribution is 2.17. The zero-order chi connectivity index (χ0) is 13.8. The minimum absolute atomic E-state index is 0.373. The van der Waals surface area contributed by atoms with Crippen molar-refractivity contribution < 1.29 is 9.90 Å². The lowest BCUT2D eigenvalue weighted by molar-refractivity contribution is -0.138. The molecule has 0 unspecified atom stereocenters. The van der Waals surface area contributed by atoms with Gasteiger partial charge in [-0.1, -0.05) is 12.1 Å².